The van der Waals surface area contributed by atoms with Crippen molar-refractivity contribution in [3.63, 3.8) is 0 Å². The van der Waals surface area contributed by atoms with Crippen LogP contribution in [0.1, 0.15) is 29.6 Å². The quantitative estimate of drug-likeness (QED) is 0.803. The molecule has 0 unspecified atom stereocenters. The van der Waals surface area contributed by atoms with E-state index in [1.165, 1.54) is 0 Å². The van der Waals surface area contributed by atoms with Crippen molar-refractivity contribution in [2.24, 2.45) is 0 Å². The third kappa shape index (κ3) is 3.57. The molecule has 0 bridgehead atoms. The largest absolute Gasteiger partial charge is 0.385 e. The highest BCUT2D eigenvalue weighted by Crippen LogP contribution is 2.21. The minimum Gasteiger partial charge on any atom is -0.385 e. The van der Waals surface area contributed by atoms with Gasteiger partial charge >= 0.3 is 0 Å². The fourth-order valence-electron chi connectivity index (χ4n) is 2.23. The van der Waals surface area contributed by atoms with Crippen molar-refractivity contribution < 1.29 is 14.3 Å². The molecule has 0 aliphatic carbocycles. The second-order valence-corrected chi connectivity index (χ2v) is 4.80. The van der Waals surface area contributed by atoms with E-state index in [0.717, 1.165) is 25.1 Å². The molecule has 1 saturated heterocycles. The number of amides is 2. The Bertz CT molecular complexity index is 471. The zero-order valence-corrected chi connectivity index (χ0v) is 11.7. The van der Waals surface area contributed by atoms with Crippen LogP contribution in [0.5, 0.6) is 0 Å². The smallest absolute Gasteiger partial charge is 0.251 e. The molecule has 5 nitrogen and oxygen atoms in total. The zero-order valence-electron chi connectivity index (χ0n) is 11.7. The molecule has 0 atom stereocenters. The molecule has 0 saturated carbocycles. The highest BCUT2D eigenvalue weighted by Gasteiger charge is 2.21. The number of benzene rings is 1. The van der Waals surface area contributed by atoms with Gasteiger partial charge in [-0.05, 0) is 37.1 Å². The Morgan fingerprint density at radius 1 is 1.35 bits per heavy atom. The van der Waals surface area contributed by atoms with Crippen LogP contribution in [-0.4, -0.2) is 38.6 Å². The van der Waals surface area contributed by atoms with Gasteiger partial charge in [0, 0.05) is 44.5 Å². The van der Waals surface area contributed by atoms with Crippen LogP contribution in [0.4, 0.5) is 5.69 Å². The van der Waals surface area contributed by atoms with E-state index in [4.69, 9.17) is 4.74 Å². The van der Waals surface area contributed by atoms with Crippen molar-refractivity contribution >= 4 is 17.5 Å². The van der Waals surface area contributed by atoms with E-state index < -0.39 is 0 Å². The van der Waals surface area contributed by atoms with Crippen LogP contribution < -0.4 is 10.2 Å². The van der Waals surface area contributed by atoms with Gasteiger partial charge < -0.3 is 15.0 Å². The predicted octanol–water partition coefficient (Wildman–Crippen LogP) is 1.58. The second kappa shape index (κ2) is 7.05. The summed E-state index contributed by atoms with van der Waals surface area (Å²) in [4.78, 5) is 25.3. The lowest BCUT2D eigenvalue weighted by molar-refractivity contribution is -0.117. The Kier molecular flexibility index (Phi) is 5.12. The third-order valence-electron chi connectivity index (χ3n) is 3.33. The van der Waals surface area contributed by atoms with E-state index in [-0.39, 0.29) is 11.8 Å². The molecule has 1 N–H and O–H groups in total. The monoisotopic (exact) mass is 276 g/mol. The van der Waals surface area contributed by atoms with E-state index >= 15 is 0 Å². The average Bonchev–Trinajstić information content (AvgIpc) is 2.90. The molecule has 2 amide bonds. The van der Waals surface area contributed by atoms with Gasteiger partial charge in [0.25, 0.3) is 5.91 Å². The summed E-state index contributed by atoms with van der Waals surface area (Å²) >= 11 is 0. The summed E-state index contributed by atoms with van der Waals surface area (Å²) in [6, 6.07) is 7.17. The minimum absolute atomic E-state index is 0.0969. The Morgan fingerprint density at radius 3 is 2.70 bits per heavy atom. The number of carbonyl (C=O) groups is 2. The summed E-state index contributed by atoms with van der Waals surface area (Å²) in [7, 11) is 1.64. The molecule has 1 heterocycles. The van der Waals surface area contributed by atoms with Gasteiger partial charge in [0.1, 0.15) is 0 Å². The Balaban J connectivity index is 1.90. The lowest BCUT2D eigenvalue weighted by Gasteiger charge is -2.15. The van der Waals surface area contributed by atoms with Gasteiger partial charge in [0.2, 0.25) is 5.91 Å². The molecule has 1 aliphatic heterocycles. The van der Waals surface area contributed by atoms with Crippen LogP contribution in [0.15, 0.2) is 24.3 Å². The first-order valence-electron chi connectivity index (χ1n) is 6.90. The second-order valence-electron chi connectivity index (χ2n) is 4.80. The van der Waals surface area contributed by atoms with Crippen LogP contribution >= 0.6 is 0 Å². The van der Waals surface area contributed by atoms with Crippen molar-refractivity contribution in [2.45, 2.75) is 19.3 Å². The fourth-order valence-corrected chi connectivity index (χ4v) is 2.23. The maximum absolute atomic E-state index is 11.9. The van der Waals surface area contributed by atoms with Gasteiger partial charge in [0.15, 0.2) is 0 Å². The van der Waals surface area contributed by atoms with Crippen LogP contribution in [0.2, 0.25) is 0 Å². The molecule has 0 aromatic heterocycles. The van der Waals surface area contributed by atoms with Crippen LogP contribution in [0, 0.1) is 0 Å². The molecule has 1 aromatic rings. The number of nitrogens with one attached hydrogen (secondary N) is 1. The van der Waals surface area contributed by atoms with E-state index in [0.29, 0.717) is 25.1 Å². The number of nitrogens with zero attached hydrogens (tertiary/aromatic N) is 1. The standard InChI is InChI=1S/C15H20N2O3/c1-20-11-3-9-16-15(19)12-5-7-13(8-6-12)17-10-2-4-14(17)18/h5-8H,2-4,9-11H2,1H3,(H,16,19). The van der Waals surface area contributed by atoms with Gasteiger partial charge in [0.05, 0.1) is 0 Å². The normalized spacial score (nSPS) is 14.7. The Labute approximate surface area is 118 Å². The Morgan fingerprint density at radius 2 is 2.10 bits per heavy atom. The maximum Gasteiger partial charge on any atom is 0.251 e. The van der Waals surface area contributed by atoms with E-state index in [1.807, 2.05) is 12.1 Å². The van der Waals surface area contributed by atoms with E-state index in [9.17, 15) is 9.59 Å². The summed E-state index contributed by atoms with van der Waals surface area (Å²) in [5.41, 5.74) is 1.47. The predicted molar refractivity (Wildman–Crippen MR) is 76.9 cm³/mol. The first-order valence-corrected chi connectivity index (χ1v) is 6.90. The fraction of sp³-hybridized carbons (Fsp3) is 0.467. The number of ether oxygens (including phenoxy) is 1. The molecule has 1 aliphatic rings. The van der Waals surface area contributed by atoms with Crippen LogP contribution in [0.25, 0.3) is 0 Å². The van der Waals surface area contributed by atoms with Crippen LogP contribution in [0.3, 0.4) is 0 Å². The first kappa shape index (κ1) is 14.5. The number of hydrogen-bond donors (Lipinski definition) is 1. The SMILES string of the molecule is COCCCNC(=O)c1ccc(N2CCCC2=O)cc1. The molecule has 2 rings (SSSR count). The van der Waals surface area contributed by atoms with Crippen molar-refractivity contribution in [3.05, 3.63) is 29.8 Å². The highest BCUT2D eigenvalue weighted by atomic mass is 16.5. The van der Waals surface area contributed by atoms with Gasteiger partial charge in [-0.25, -0.2) is 0 Å². The van der Waals surface area contributed by atoms with Gasteiger partial charge in [-0.2, -0.15) is 0 Å². The maximum atomic E-state index is 11.9. The van der Waals surface area contributed by atoms with Crippen LogP contribution in [-0.2, 0) is 9.53 Å². The number of anilines is 1. The van der Waals surface area contributed by atoms with Gasteiger partial charge in [-0.15, -0.1) is 0 Å². The molecule has 0 radical (unpaired) electrons. The number of rotatable bonds is 6. The summed E-state index contributed by atoms with van der Waals surface area (Å²) in [5.74, 6) is 0.0576. The van der Waals surface area contributed by atoms with Crippen molar-refractivity contribution in [3.8, 4) is 0 Å². The van der Waals surface area contributed by atoms with Gasteiger partial charge in [-0.3, -0.25) is 9.59 Å². The van der Waals surface area contributed by atoms with Gasteiger partial charge in [-0.1, -0.05) is 0 Å². The summed E-state index contributed by atoms with van der Waals surface area (Å²) in [5, 5.41) is 2.83. The molecule has 5 heteroatoms. The molecular formula is C15H20N2O3. The highest BCUT2D eigenvalue weighted by molar-refractivity contribution is 5.97. The summed E-state index contributed by atoms with van der Waals surface area (Å²) in [6.07, 6.45) is 2.31. The number of methoxy groups -OCH3 is 1. The summed E-state index contributed by atoms with van der Waals surface area (Å²) < 4.78 is 4.92. The first-order chi connectivity index (χ1) is 9.72. The molecule has 0 spiro atoms. The van der Waals surface area contributed by atoms with Crippen molar-refractivity contribution in [2.75, 3.05) is 31.7 Å². The van der Waals surface area contributed by atoms with Crippen molar-refractivity contribution in [1.82, 2.24) is 5.32 Å². The Hall–Kier alpha value is -1.88. The minimum atomic E-state index is -0.0969. The lowest BCUT2D eigenvalue weighted by atomic mass is 10.2. The molecule has 20 heavy (non-hydrogen) atoms. The molecule has 1 fully saturated rings. The van der Waals surface area contributed by atoms with E-state index in [2.05, 4.69) is 5.32 Å². The average molecular weight is 276 g/mol. The zero-order chi connectivity index (χ0) is 14.4. The number of hydrogen-bond acceptors (Lipinski definition) is 3. The third-order valence-corrected chi connectivity index (χ3v) is 3.33. The lowest BCUT2D eigenvalue weighted by Crippen LogP contribution is -2.26. The molecule has 1 aromatic carbocycles. The van der Waals surface area contributed by atoms with E-state index in [1.54, 1.807) is 24.1 Å². The summed E-state index contributed by atoms with van der Waals surface area (Å²) in [6.45, 7) is 2.00. The molecular weight excluding hydrogens is 256 g/mol. The molecule has 108 valence electrons. The van der Waals surface area contributed by atoms with Crippen molar-refractivity contribution in [1.29, 1.82) is 0 Å². The topological polar surface area (TPSA) is 58.6 Å². The number of carbonyl (C=O) groups excluding carboxylic acids is 2.